The van der Waals surface area contributed by atoms with Crippen LogP contribution in [0.5, 0.6) is 0 Å². The summed E-state index contributed by atoms with van der Waals surface area (Å²) < 4.78 is 23.0. The average Bonchev–Trinajstić information content (AvgIpc) is 2.54. The Balaban J connectivity index is 2.31. The molecule has 0 aliphatic carbocycles. The van der Waals surface area contributed by atoms with Crippen LogP contribution < -0.4 is 5.63 Å². The molecule has 4 nitrogen and oxygen atoms in total. The number of carbonyl (C=O) groups excluding carboxylic acids is 1. The highest BCUT2D eigenvalue weighted by molar-refractivity contribution is 6.00. The predicted octanol–water partition coefficient (Wildman–Crippen LogP) is 3.69. The molecule has 1 aromatic heterocycles. The summed E-state index contributed by atoms with van der Waals surface area (Å²) in [6.07, 6.45) is 0. The third-order valence-corrected chi connectivity index (χ3v) is 3.65. The third kappa shape index (κ3) is 2.73. The van der Waals surface area contributed by atoms with Gasteiger partial charge in [-0.25, -0.2) is 14.0 Å². The quantitative estimate of drug-likeness (QED) is 0.535. The van der Waals surface area contributed by atoms with Crippen molar-refractivity contribution in [1.29, 1.82) is 0 Å². The Labute approximate surface area is 131 Å². The average molecular weight is 312 g/mol. The first-order valence-corrected chi connectivity index (χ1v) is 6.92. The SMILES string of the molecule is COC(=O)c1cc2oc(=O)cc(-c3ccc(F)cc3)c2cc1C. The van der Waals surface area contributed by atoms with Crippen LogP contribution in [0.25, 0.3) is 22.1 Å². The highest BCUT2D eigenvalue weighted by Crippen LogP contribution is 2.29. The summed E-state index contributed by atoms with van der Waals surface area (Å²) in [6.45, 7) is 1.77. The normalized spacial score (nSPS) is 10.7. The molecule has 2 aromatic carbocycles. The van der Waals surface area contributed by atoms with Gasteiger partial charge in [0.25, 0.3) is 0 Å². The van der Waals surface area contributed by atoms with Gasteiger partial charge in [0.2, 0.25) is 0 Å². The molecule has 3 rings (SSSR count). The summed E-state index contributed by atoms with van der Waals surface area (Å²) in [6, 6.07) is 10.4. The Morgan fingerprint density at radius 1 is 1.13 bits per heavy atom. The van der Waals surface area contributed by atoms with Crippen LogP contribution in [0.2, 0.25) is 0 Å². The van der Waals surface area contributed by atoms with Crippen LogP contribution in [0.4, 0.5) is 4.39 Å². The summed E-state index contributed by atoms with van der Waals surface area (Å²) in [5, 5.41) is 0.668. The van der Waals surface area contributed by atoms with E-state index in [1.54, 1.807) is 25.1 Å². The van der Waals surface area contributed by atoms with Crippen LogP contribution in [-0.4, -0.2) is 13.1 Å². The molecule has 0 aliphatic rings. The molecule has 23 heavy (non-hydrogen) atoms. The lowest BCUT2D eigenvalue weighted by atomic mass is 9.98. The zero-order chi connectivity index (χ0) is 16.6. The van der Waals surface area contributed by atoms with Crippen LogP contribution in [0.3, 0.4) is 0 Å². The maximum Gasteiger partial charge on any atom is 0.338 e. The van der Waals surface area contributed by atoms with Crippen molar-refractivity contribution in [2.75, 3.05) is 7.11 Å². The molecule has 1 heterocycles. The summed E-state index contributed by atoms with van der Waals surface area (Å²) in [5.41, 5.74) is 2.07. The predicted molar refractivity (Wildman–Crippen MR) is 84.0 cm³/mol. The number of methoxy groups -OCH3 is 1. The second kappa shape index (κ2) is 5.68. The van der Waals surface area contributed by atoms with Gasteiger partial charge in [-0.2, -0.15) is 0 Å². The molecule has 116 valence electrons. The summed E-state index contributed by atoms with van der Waals surface area (Å²) >= 11 is 0. The molecule has 0 N–H and O–H groups in total. The lowest BCUT2D eigenvalue weighted by Crippen LogP contribution is -2.05. The Bertz CT molecular complexity index is 955. The summed E-state index contributed by atoms with van der Waals surface area (Å²) in [7, 11) is 1.29. The van der Waals surface area contributed by atoms with Crippen LogP contribution in [-0.2, 0) is 4.74 Å². The van der Waals surface area contributed by atoms with E-state index in [1.165, 1.54) is 31.4 Å². The second-order valence-electron chi connectivity index (χ2n) is 5.14. The minimum atomic E-state index is -0.545. The van der Waals surface area contributed by atoms with Crippen molar-refractivity contribution in [2.45, 2.75) is 6.92 Å². The number of hydrogen-bond donors (Lipinski definition) is 0. The first-order chi connectivity index (χ1) is 11.0. The molecular formula is C18H13FO4. The van der Waals surface area contributed by atoms with Gasteiger partial charge >= 0.3 is 11.6 Å². The summed E-state index contributed by atoms with van der Waals surface area (Å²) in [5.74, 6) is -0.857. The molecule has 0 saturated carbocycles. The Morgan fingerprint density at radius 2 is 1.83 bits per heavy atom. The first-order valence-electron chi connectivity index (χ1n) is 6.92. The van der Waals surface area contributed by atoms with E-state index in [0.29, 0.717) is 27.6 Å². The number of rotatable bonds is 2. The lowest BCUT2D eigenvalue weighted by Gasteiger charge is -2.09. The Hall–Kier alpha value is -2.95. The zero-order valence-electron chi connectivity index (χ0n) is 12.6. The van der Waals surface area contributed by atoms with E-state index >= 15 is 0 Å². The van der Waals surface area contributed by atoms with Crippen molar-refractivity contribution in [3.8, 4) is 11.1 Å². The summed E-state index contributed by atoms with van der Waals surface area (Å²) in [4.78, 5) is 23.6. The van der Waals surface area contributed by atoms with Crippen molar-refractivity contribution in [3.05, 3.63) is 69.8 Å². The van der Waals surface area contributed by atoms with Crippen molar-refractivity contribution in [1.82, 2.24) is 0 Å². The van der Waals surface area contributed by atoms with Gasteiger partial charge < -0.3 is 9.15 Å². The number of ether oxygens (including phenoxy) is 1. The second-order valence-corrected chi connectivity index (χ2v) is 5.14. The molecule has 0 unspecified atom stereocenters. The van der Waals surface area contributed by atoms with E-state index in [0.717, 1.165) is 0 Å². The molecular weight excluding hydrogens is 299 g/mol. The standard InChI is InChI=1S/C18H13FO4/c1-10-7-15-14(11-3-5-12(19)6-4-11)9-17(20)23-16(15)8-13(10)18(21)22-2/h3-9H,1-2H3. The third-order valence-electron chi connectivity index (χ3n) is 3.65. The molecule has 0 aliphatic heterocycles. The fourth-order valence-electron chi connectivity index (χ4n) is 2.51. The van der Waals surface area contributed by atoms with Crippen molar-refractivity contribution in [2.24, 2.45) is 0 Å². The van der Waals surface area contributed by atoms with E-state index < -0.39 is 11.6 Å². The van der Waals surface area contributed by atoms with Gasteiger partial charge in [-0.1, -0.05) is 12.1 Å². The monoisotopic (exact) mass is 312 g/mol. The fourth-order valence-corrected chi connectivity index (χ4v) is 2.51. The Morgan fingerprint density at radius 3 is 2.48 bits per heavy atom. The molecule has 3 aromatic rings. The molecule has 0 spiro atoms. The minimum Gasteiger partial charge on any atom is -0.465 e. The van der Waals surface area contributed by atoms with Crippen LogP contribution >= 0.6 is 0 Å². The molecule has 0 radical (unpaired) electrons. The van der Waals surface area contributed by atoms with E-state index in [9.17, 15) is 14.0 Å². The molecule has 0 amide bonds. The van der Waals surface area contributed by atoms with Gasteiger partial charge in [0.1, 0.15) is 11.4 Å². The van der Waals surface area contributed by atoms with Gasteiger partial charge in [-0.15, -0.1) is 0 Å². The molecule has 0 bridgehead atoms. The van der Waals surface area contributed by atoms with E-state index in [4.69, 9.17) is 9.15 Å². The maximum atomic E-state index is 13.1. The van der Waals surface area contributed by atoms with Gasteiger partial charge in [-0.05, 0) is 47.9 Å². The van der Waals surface area contributed by atoms with E-state index in [-0.39, 0.29) is 11.4 Å². The van der Waals surface area contributed by atoms with Crippen molar-refractivity contribution >= 4 is 16.9 Å². The number of fused-ring (bicyclic) bond motifs is 1. The zero-order valence-corrected chi connectivity index (χ0v) is 12.6. The topological polar surface area (TPSA) is 56.5 Å². The van der Waals surface area contributed by atoms with E-state index in [2.05, 4.69) is 0 Å². The highest BCUT2D eigenvalue weighted by Gasteiger charge is 2.15. The van der Waals surface area contributed by atoms with Gasteiger partial charge in [0, 0.05) is 11.5 Å². The van der Waals surface area contributed by atoms with E-state index in [1.807, 2.05) is 0 Å². The number of hydrogen-bond acceptors (Lipinski definition) is 4. The van der Waals surface area contributed by atoms with Crippen LogP contribution in [0.1, 0.15) is 15.9 Å². The van der Waals surface area contributed by atoms with Crippen LogP contribution in [0.15, 0.2) is 51.7 Å². The fraction of sp³-hybridized carbons (Fsp3) is 0.111. The first kappa shape index (κ1) is 15.0. The van der Waals surface area contributed by atoms with Gasteiger partial charge in [0.05, 0.1) is 12.7 Å². The minimum absolute atomic E-state index is 0.280. The van der Waals surface area contributed by atoms with Gasteiger partial charge in [-0.3, -0.25) is 0 Å². The number of esters is 1. The number of aryl methyl sites for hydroxylation is 1. The number of halogens is 1. The number of carbonyl (C=O) groups is 1. The maximum absolute atomic E-state index is 13.1. The Kier molecular flexibility index (Phi) is 3.70. The highest BCUT2D eigenvalue weighted by atomic mass is 19.1. The van der Waals surface area contributed by atoms with Crippen molar-refractivity contribution < 1.29 is 18.3 Å². The van der Waals surface area contributed by atoms with Gasteiger partial charge in [0.15, 0.2) is 0 Å². The number of benzene rings is 2. The molecule has 0 fully saturated rings. The van der Waals surface area contributed by atoms with Crippen molar-refractivity contribution in [3.63, 3.8) is 0 Å². The molecule has 0 saturated heterocycles. The molecule has 5 heteroatoms. The lowest BCUT2D eigenvalue weighted by molar-refractivity contribution is 0.0600. The van der Waals surface area contributed by atoms with Crippen LogP contribution in [0, 0.1) is 12.7 Å². The smallest absolute Gasteiger partial charge is 0.338 e. The molecule has 0 atom stereocenters. The largest absolute Gasteiger partial charge is 0.465 e.